The van der Waals surface area contributed by atoms with Gasteiger partial charge in [0.2, 0.25) is 0 Å². The third-order valence-electron chi connectivity index (χ3n) is 8.74. The molecule has 0 bridgehead atoms. The van der Waals surface area contributed by atoms with Crippen molar-refractivity contribution in [3.63, 3.8) is 0 Å². The molecule has 8 aromatic rings. The summed E-state index contributed by atoms with van der Waals surface area (Å²) in [5, 5.41) is 24.6. The highest BCUT2D eigenvalue weighted by Crippen LogP contribution is 2.41. The molecule has 0 amide bonds. The normalized spacial score (nSPS) is 13.0. The van der Waals surface area contributed by atoms with Gasteiger partial charge in [-0.25, -0.2) is 0 Å². The van der Waals surface area contributed by atoms with Gasteiger partial charge in [-0.2, -0.15) is 10.5 Å². The Kier molecular flexibility index (Phi) is 4.80. The van der Waals surface area contributed by atoms with Crippen LogP contribution in [-0.2, 0) is 6.42 Å². The highest BCUT2D eigenvalue weighted by atomic mass is 16.3. The smallest absolute Gasteiger partial charge is 0.136 e. The van der Waals surface area contributed by atoms with E-state index in [1.807, 2.05) is 36.4 Å². The lowest BCUT2D eigenvalue weighted by Crippen LogP contribution is -1.98. The first-order valence-electron chi connectivity index (χ1n) is 14.3. The molecule has 5 aromatic carbocycles. The molecule has 43 heavy (non-hydrogen) atoms. The van der Waals surface area contributed by atoms with Crippen LogP contribution in [0.5, 0.6) is 0 Å². The molecule has 0 radical (unpaired) electrons. The summed E-state index contributed by atoms with van der Waals surface area (Å²) in [4.78, 5) is 0. The molecule has 0 saturated heterocycles. The molecule has 3 aromatic heterocycles. The number of nitriles is 2. The molecular weight excluding hydrogens is 530 g/mol. The Labute approximate surface area is 245 Å². The minimum Gasteiger partial charge on any atom is -0.460 e. The summed E-state index contributed by atoms with van der Waals surface area (Å²) in [6.45, 7) is 0. The quantitative estimate of drug-likeness (QED) is 0.214. The number of benzene rings is 5. The highest BCUT2D eigenvalue weighted by molar-refractivity contribution is 6.12. The maximum atomic E-state index is 9.86. The fourth-order valence-corrected chi connectivity index (χ4v) is 6.74. The van der Waals surface area contributed by atoms with Crippen LogP contribution in [0.4, 0.5) is 0 Å². The SMILES string of the molecule is N#CC1=Cc2c(oc3cc4c(cc23)oc2ccc(-c3ccc(C#N)cc3-n3c5ccccc5c5ccccc53)cc24)CC1. The molecule has 5 nitrogen and oxygen atoms in total. The van der Waals surface area contributed by atoms with Crippen molar-refractivity contribution in [2.45, 2.75) is 12.8 Å². The van der Waals surface area contributed by atoms with Crippen LogP contribution in [0.1, 0.15) is 23.3 Å². The van der Waals surface area contributed by atoms with Crippen LogP contribution < -0.4 is 0 Å². The highest BCUT2D eigenvalue weighted by Gasteiger charge is 2.21. The summed E-state index contributed by atoms with van der Waals surface area (Å²) in [6, 6.07) is 37.7. The second kappa shape index (κ2) is 8.73. The Hall–Kier alpha value is -6.04. The zero-order chi connectivity index (χ0) is 28.7. The van der Waals surface area contributed by atoms with Gasteiger partial charge in [-0.15, -0.1) is 0 Å². The van der Waals surface area contributed by atoms with E-state index in [-0.39, 0.29) is 0 Å². The number of nitrogens with zero attached hydrogens (tertiary/aromatic N) is 3. The van der Waals surface area contributed by atoms with Gasteiger partial charge in [-0.1, -0.05) is 48.5 Å². The molecular formula is C38H21N3O2. The van der Waals surface area contributed by atoms with Crippen LogP contribution in [-0.4, -0.2) is 4.57 Å². The Balaban J connectivity index is 1.29. The molecule has 5 heteroatoms. The number of hydrogen-bond acceptors (Lipinski definition) is 4. The monoisotopic (exact) mass is 551 g/mol. The van der Waals surface area contributed by atoms with Crippen molar-refractivity contribution in [3.05, 3.63) is 120 Å². The first-order chi connectivity index (χ1) is 21.2. The summed E-state index contributed by atoms with van der Waals surface area (Å²) in [5.74, 6) is 0.917. The summed E-state index contributed by atoms with van der Waals surface area (Å²) in [6.07, 6.45) is 3.36. The van der Waals surface area contributed by atoms with Gasteiger partial charge in [0.15, 0.2) is 0 Å². The molecule has 0 saturated carbocycles. The number of hydrogen-bond donors (Lipinski definition) is 0. The van der Waals surface area contributed by atoms with Crippen LogP contribution in [0, 0.1) is 22.7 Å². The Morgan fingerprint density at radius 1 is 0.605 bits per heavy atom. The van der Waals surface area contributed by atoms with Crippen molar-refractivity contribution in [1.82, 2.24) is 4.57 Å². The van der Waals surface area contributed by atoms with Crippen LogP contribution >= 0.6 is 0 Å². The predicted molar refractivity (Wildman–Crippen MR) is 170 cm³/mol. The third kappa shape index (κ3) is 3.37. The second-order valence-corrected chi connectivity index (χ2v) is 11.1. The number of aryl methyl sites for hydroxylation is 1. The van der Waals surface area contributed by atoms with Gasteiger partial charge in [-0.05, 0) is 66.6 Å². The van der Waals surface area contributed by atoms with Crippen molar-refractivity contribution in [2.75, 3.05) is 0 Å². The largest absolute Gasteiger partial charge is 0.460 e. The van der Waals surface area contributed by atoms with Crippen LogP contribution in [0.3, 0.4) is 0 Å². The van der Waals surface area contributed by atoms with Crippen LogP contribution in [0.25, 0.3) is 77.6 Å². The van der Waals surface area contributed by atoms with E-state index in [1.54, 1.807) is 0 Å². The Morgan fingerprint density at radius 2 is 1.33 bits per heavy atom. The van der Waals surface area contributed by atoms with Crippen LogP contribution in [0.15, 0.2) is 111 Å². The average Bonchev–Trinajstić information content (AvgIpc) is 3.71. The third-order valence-corrected chi connectivity index (χ3v) is 8.74. The molecule has 0 atom stereocenters. The molecule has 0 spiro atoms. The standard InChI is InChI=1S/C38H21N3O2/c39-20-22-10-13-35-28(15-22)30-18-38-31(19-37(30)42-35)29-17-24(11-14-36(29)43-38)25-12-9-23(21-40)16-34(25)41-32-7-3-1-5-26(32)27-6-2-4-8-33(27)41/h1-9,11-12,14-19H,10,13H2. The number of aromatic nitrogens is 1. The molecule has 0 aliphatic heterocycles. The topological polar surface area (TPSA) is 78.8 Å². The van der Waals surface area contributed by atoms with E-state index < -0.39 is 0 Å². The molecule has 0 N–H and O–H groups in total. The zero-order valence-electron chi connectivity index (χ0n) is 22.9. The van der Waals surface area contributed by atoms with E-state index in [9.17, 15) is 10.5 Å². The Bertz CT molecular complexity index is 2540. The van der Waals surface area contributed by atoms with E-state index >= 15 is 0 Å². The first kappa shape index (κ1) is 23.6. The van der Waals surface area contributed by atoms with E-state index in [0.29, 0.717) is 12.0 Å². The fourth-order valence-electron chi connectivity index (χ4n) is 6.74. The van der Waals surface area contributed by atoms with Crippen LogP contribution in [0.2, 0.25) is 0 Å². The molecule has 1 aliphatic carbocycles. The maximum absolute atomic E-state index is 9.86. The fraction of sp³-hybridized carbons (Fsp3) is 0.0526. The number of furan rings is 2. The van der Waals surface area contributed by atoms with E-state index in [2.05, 4.69) is 83.4 Å². The lowest BCUT2D eigenvalue weighted by atomic mass is 9.96. The van der Waals surface area contributed by atoms with Gasteiger partial charge in [0.05, 0.1) is 34.4 Å². The predicted octanol–water partition coefficient (Wildman–Crippen LogP) is 9.82. The average molecular weight is 552 g/mol. The Morgan fingerprint density at radius 3 is 2.09 bits per heavy atom. The minimum atomic E-state index is 0.605. The van der Waals surface area contributed by atoms with E-state index in [4.69, 9.17) is 8.83 Å². The maximum Gasteiger partial charge on any atom is 0.136 e. The molecule has 9 rings (SSSR count). The number of rotatable bonds is 2. The summed E-state index contributed by atoms with van der Waals surface area (Å²) in [5.41, 5.74) is 9.90. The minimum absolute atomic E-state index is 0.605. The summed E-state index contributed by atoms with van der Waals surface area (Å²) in [7, 11) is 0. The number of fused-ring (bicyclic) bond motifs is 9. The van der Waals surface area contributed by atoms with Crippen molar-refractivity contribution >= 4 is 60.8 Å². The van der Waals surface area contributed by atoms with E-state index in [1.165, 1.54) is 10.8 Å². The van der Waals surface area contributed by atoms with Gasteiger partial charge in [-0.3, -0.25) is 0 Å². The first-order valence-corrected chi connectivity index (χ1v) is 14.3. The molecule has 3 heterocycles. The second-order valence-electron chi connectivity index (χ2n) is 11.1. The lowest BCUT2D eigenvalue weighted by Gasteiger charge is -2.15. The zero-order valence-corrected chi connectivity index (χ0v) is 22.9. The van der Waals surface area contributed by atoms with Crippen molar-refractivity contribution < 1.29 is 8.83 Å². The number of allylic oxidation sites excluding steroid dienone is 1. The van der Waals surface area contributed by atoms with Crippen molar-refractivity contribution in [3.8, 4) is 29.0 Å². The van der Waals surface area contributed by atoms with Gasteiger partial charge in [0.1, 0.15) is 22.5 Å². The molecule has 1 aliphatic rings. The van der Waals surface area contributed by atoms with Crippen molar-refractivity contribution in [2.24, 2.45) is 0 Å². The lowest BCUT2D eigenvalue weighted by molar-refractivity contribution is 0.545. The van der Waals surface area contributed by atoms with Gasteiger partial charge in [0, 0.05) is 50.1 Å². The summed E-state index contributed by atoms with van der Waals surface area (Å²) < 4.78 is 14.9. The van der Waals surface area contributed by atoms with E-state index in [0.717, 1.165) is 84.1 Å². The molecule has 0 unspecified atom stereocenters. The summed E-state index contributed by atoms with van der Waals surface area (Å²) >= 11 is 0. The molecule has 200 valence electrons. The van der Waals surface area contributed by atoms with Gasteiger partial charge >= 0.3 is 0 Å². The van der Waals surface area contributed by atoms with Crippen molar-refractivity contribution in [1.29, 1.82) is 10.5 Å². The molecule has 0 fully saturated rings. The van der Waals surface area contributed by atoms with Gasteiger partial charge < -0.3 is 13.4 Å². The number of para-hydroxylation sites is 2. The van der Waals surface area contributed by atoms with Gasteiger partial charge in [0.25, 0.3) is 0 Å².